The minimum atomic E-state index is -1.22. The summed E-state index contributed by atoms with van der Waals surface area (Å²) < 4.78 is 4.62. The topological polar surface area (TPSA) is 211 Å². The van der Waals surface area contributed by atoms with Gasteiger partial charge in [0.2, 0.25) is 0 Å². The third-order valence-electron chi connectivity index (χ3n) is 4.96. The molecule has 0 saturated heterocycles. The number of methoxy groups -OCH3 is 1. The van der Waals surface area contributed by atoms with E-state index in [-0.39, 0.29) is 94.1 Å². The Kier molecular flexibility index (Phi) is 23.2. The standard InChI is InChI=1S/C9H12N2O2.2C8H10N2O2.ClH.2Na.H2O/c1-5-8(9(12)13-4)6(2)11-7(3)10-5;2*1-4-7(8(11)12)5(2)10-6(3)9-4;;;;/h1-4H3;2*1-3H3,(H,11,12);1H;;;1H2/q;;;;2*+1;/p-2. The van der Waals surface area contributed by atoms with Gasteiger partial charge in [-0.3, -0.25) is 0 Å². The number of hydrogen-bond acceptors (Lipinski definition) is 12. The number of aromatic nitrogens is 6. The fraction of sp³-hybridized carbons (Fsp3) is 0.400. The van der Waals surface area contributed by atoms with Crippen molar-refractivity contribution in [1.82, 2.24) is 29.9 Å². The second kappa shape index (κ2) is 20.7. The van der Waals surface area contributed by atoms with Gasteiger partial charge in [0.25, 0.3) is 0 Å². The van der Waals surface area contributed by atoms with E-state index in [0.717, 1.165) is 0 Å². The molecule has 3 rings (SSSR count). The number of aryl methyl sites for hydroxylation is 9. The van der Waals surface area contributed by atoms with Gasteiger partial charge in [-0.15, -0.1) is 12.4 Å². The molecular weight excluding hydrogens is 578 g/mol. The van der Waals surface area contributed by atoms with Crippen LogP contribution in [0.2, 0.25) is 0 Å². The first-order chi connectivity index (χ1) is 17.1. The number of hydrogen-bond donors (Lipinski definition) is 1. The Hall–Kier alpha value is -2.10. The van der Waals surface area contributed by atoms with Crippen LogP contribution in [0.15, 0.2) is 0 Å². The van der Waals surface area contributed by atoms with Crippen molar-refractivity contribution in [1.29, 1.82) is 0 Å². The molecule has 0 saturated carbocycles. The molecule has 3 aromatic heterocycles. The van der Waals surface area contributed by atoms with Crippen LogP contribution in [0.5, 0.6) is 0 Å². The van der Waals surface area contributed by atoms with Crippen molar-refractivity contribution in [2.45, 2.75) is 62.3 Å². The predicted octanol–water partition coefficient (Wildman–Crippen LogP) is -3.69. The molecule has 0 radical (unpaired) electrons. The second-order valence-corrected chi connectivity index (χ2v) is 8.03. The summed E-state index contributed by atoms with van der Waals surface area (Å²) >= 11 is 0. The molecule has 0 aromatic carbocycles. The van der Waals surface area contributed by atoms with Crippen molar-refractivity contribution in [3.63, 3.8) is 0 Å². The molecule has 0 atom stereocenters. The number of rotatable bonds is 3. The molecule has 0 spiro atoms. The fourth-order valence-electron chi connectivity index (χ4n) is 3.65. The Labute approximate surface area is 289 Å². The van der Waals surface area contributed by atoms with E-state index in [1.165, 1.54) is 7.11 Å². The molecule has 0 bridgehead atoms. The van der Waals surface area contributed by atoms with Gasteiger partial charge in [0.05, 0.1) is 47.2 Å². The number of carboxylic acids is 2. The molecule has 0 fully saturated rings. The number of carbonyl (C=O) groups is 3. The Bertz CT molecular complexity index is 1220. The second-order valence-electron chi connectivity index (χ2n) is 8.03. The average molecular weight is 611 g/mol. The van der Waals surface area contributed by atoms with Gasteiger partial charge in [0, 0.05) is 5.56 Å². The van der Waals surface area contributed by atoms with Crippen LogP contribution in [0.25, 0.3) is 0 Å². The molecule has 0 unspecified atom stereocenters. The number of esters is 1. The van der Waals surface area contributed by atoms with Crippen LogP contribution in [0.3, 0.4) is 0 Å². The molecule has 13 nitrogen and oxygen atoms in total. The monoisotopic (exact) mass is 610 g/mol. The maximum Gasteiger partial charge on any atom is 1.00 e. The van der Waals surface area contributed by atoms with Crippen molar-refractivity contribution in [2.24, 2.45) is 0 Å². The zero-order valence-corrected chi connectivity index (χ0v) is 30.3. The molecule has 41 heavy (non-hydrogen) atoms. The van der Waals surface area contributed by atoms with Crippen LogP contribution >= 0.6 is 12.4 Å². The summed E-state index contributed by atoms with van der Waals surface area (Å²) in [5, 5.41) is 19.3. The maximum absolute atomic E-state index is 11.3. The first kappa shape index (κ1) is 45.9. The number of carboxylic acid groups (broad SMARTS) is 2. The predicted molar refractivity (Wildman–Crippen MR) is 141 cm³/mol. The Morgan fingerprint density at radius 3 is 1.05 bits per heavy atom. The van der Waals surface area contributed by atoms with Crippen LogP contribution in [-0.2, 0) is 4.74 Å². The first-order valence-corrected chi connectivity index (χ1v) is 11.1. The normalized spacial score (nSPS) is 8.93. The molecule has 16 heteroatoms. The molecule has 3 aromatic rings. The zero-order chi connectivity index (χ0) is 28.6. The minimum absolute atomic E-state index is 0. The van der Waals surface area contributed by atoms with Gasteiger partial charge in [-0.2, -0.15) is 0 Å². The number of ether oxygens (including phenoxy) is 1. The van der Waals surface area contributed by atoms with E-state index >= 15 is 0 Å². The van der Waals surface area contributed by atoms with Crippen LogP contribution in [0, 0.1) is 62.3 Å². The summed E-state index contributed by atoms with van der Waals surface area (Å²) in [6, 6.07) is 0. The summed E-state index contributed by atoms with van der Waals surface area (Å²) in [6.45, 7) is 15.4. The summed E-state index contributed by atoms with van der Waals surface area (Å²) in [6.07, 6.45) is 0. The van der Waals surface area contributed by atoms with Crippen molar-refractivity contribution in [2.75, 3.05) is 7.11 Å². The van der Waals surface area contributed by atoms with Crippen molar-refractivity contribution in [3.05, 3.63) is 68.3 Å². The van der Waals surface area contributed by atoms with Gasteiger partial charge >= 0.3 is 71.1 Å². The third kappa shape index (κ3) is 13.6. The number of aromatic carboxylic acids is 2. The number of carbonyl (C=O) groups excluding carboxylic acids is 2. The first-order valence-electron chi connectivity index (χ1n) is 11.1. The third-order valence-corrected chi connectivity index (χ3v) is 4.96. The van der Waals surface area contributed by atoms with E-state index in [4.69, 9.17) is 5.11 Å². The van der Waals surface area contributed by atoms with Gasteiger partial charge in [-0.1, -0.05) is 0 Å². The van der Waals surface area contributed by atoms with Gasteiger partial charge in [0.15, 0.2) is 0 Å². The van der Waals surface area contributed by atoms with Crippen LogP contribution in [0.1, 0.15) is 82.7 Å². The van der Waals surface area contributed by atoms with Gasteiger partial charge in [-0.25, -0.2) is 39.5 Å². The largest absolute Gasteiger partial charge is 1.00 e. The molecule has 3 heterocycles. The Morgan fingerprint density at radius 2 is 0.829 bits per heavy atom. The molecule has 0 aliphatic rings. The molecule has 2 N–H and O–H groups in total. The van der Waals surface area contributed by atoms with Gasteiger partial charge < -0.3 is 25.2 Å². The number of halogens is 1. The summed E-state index contributed by atoms with van der Waals surface area (Å²) in [4.78, 5) is 56.5. The van der Waals surface area contributed by atoms with E-state index < -0.39 is 11.9 Å². The quantitative estimate of drug-likeness (QED) is 0.224. The zero-order valence-electron chi connectivity index (χ0n) is 25.5. The molecule has 0 aliphatic heterocycles. The average Bonchev–Trinajstić information content (AvgIpc) is 2.71. The van der Waals surface area contributed by atoms with E-state index in [9.17, 15) is 19.5 Å². The van der Waals surface area contributed by atoms with Crippen LogP contribution < -0.4 is 64.2 Å². The van der Waals surface area contributed by atoms with Crippen LogP contribution in [-0.4, -0.2) is 65.5 Å². The molecule has 0 aliphatic carbocycles. The van der Waals surface area contributed by atoms with E-state index in [1.54, 1.807) is 62.3 Å². The smallest absolute Gasteiger partial charge is 0.870 e. The van der Waals surface area contributed by atoms with Crippen molar-refractivity contribution < 1.29 is 93.9 Å². The molecular formula is C25H33ClN6Na2O7. The molecule has 214 valence electrons. The molecule has 0 amide bonds. The SMILES string of the molecule is COC(=O)c1c(C)nc(C)nc1C.Cc1nc(C)c(C(=O)O)c(C)n1.Cc1nc(C)c(C(=O)[O-])c(C)n1.Cl.[Na+].[Na+].[OH-]. The van der Waals surface area contributed by atoms with Crippen LogP contribution in [0.4, 0.5) is 0 Å². The fourth-order valence-corrected chi connectivity index (χ4v) is 3.65. The Morgan fingerprint density at radius 1 is 0.585 bits per heavy atom. The van der Waals surface area contributed by atoms with Crippen molar-refractivity contribution in [3.8, 4) is 0 Å². The summed E-state index contributed by atoms with van der Waals surface area (Å²) in [5.74, 6) is -0.711. The van der Waals surface area contributed by atoms with E-state index in [1.807, 2.05) is 0 Å². The number of nitrogens with zero attached hydrogens (tertiary/aromatic N) is 6. The van der Waals surface area contributed by atoms with Gasteiger partial charge in [-0.05, 0) is 62.3 Å². The Balaban J connectivity index is -0.000000239. The van der Waals surface area contributed by atoms with Crippen molar-refractivity contribution >= 4 is 30.3 Å². The summed E-state index contributed by atoms with van der Waals surface area (Å²) in [5.41, 5.74) is 4.06. The summed E-state index contributed by atoms with van der Waals surface area (Å²) in [7, 11) is 1.35. The minimum Gasteiger partial charge on any atom is -0.870 e. The van der Waals surface area contributed by atoms with E-state index in [2.05, 4.69) is 34.6 Å². The maximum atomic E-state index is 11.3. The van der Waals surface area contributed by atoms with Gasteiger partial charge in [0.1, 0.15) is 28.6 Å². The van der Waals surface area contributed by atoms with E-state index in [0.29, 0.717) is 57.2 Å².